The number of aryl methyl sites for hydroxylation is 2. The zero-order chi connectivity index (χ0) is 31.6. The molecular weight excluding hydrogens is 556 g/mol. The minimum atomic E-state index is -1.46. The van der Waals surface area contributed by atoms with Gasteiger partial charge in [0.2, 0.25) is 0 Å². The van der Waals surface area contributed by atoms with Crippen LogP contribution in [0.1, 0.15) is 57.1 Å². The second kappa shape index (κ2) is 14.6. The first-order valence-corrected chi connectivity index (χ1v) is 12.3. The summed E-state index contributed by atoms with van der Waals surface area (Å²) in [6.45, 7) is 7.57. The number of hydrogen-bond donors (Lipinski definition) is 0. The van der Waals surface area contributed by atoms with Crippen LogP contribution in [0.2, 0.25) is 0 Å². The van der Waals surface area contributed by atoms with Gasteiger partial charge in [0.1, 0.15) is 11.1 Å². The number of aromatic nitrogens is 1. The Labute approximate surface area is 238 Å². The molecule has 0 amide bonds. The highest BCUT2D eigenvalue weighted by Crippen LogP contribution is 2.36. The largest absolute Gasteiger partial charge is 0.863 e. The van der Waals surface area contributed by atoms with Crippen molar-refractivity contribution in [3.8, 4) is 5.75 Å². The van der Waals surface area contributed by atoms with Crippen molar-refractivity contribution >= 4 is 41.2 Å². The van der Waals surface area contributed by atoms with E-state index in [0.29, 0.717) is 40.2 Å². The number of pyridine rings is 1. The van der Waals surface area contributed by atoms with Gasteiger partial charge >= 0.3 is 11.9 Å². The Hall–Kier alpha value is -5.73. The molecule has 0 spiro atoms. The number of carbonyl (C=O) groups excluding carboxylic acids is 2. The molecule has 1 N–H and O–H groups in total. The summed E-state index contributed by atoms with van der Waals surface area (Å²) in [6.07, 6.45) is 3.63. The summed E-state index contributed by atoms with van der Waals surface area (Å²) in [7, 11) is 0. The van der Waals surface area contributed by atoms with E-state index in [-0.39, 0.29) is 13.2 Å². The predicted octanol–water partition coefficient (Wildman–Crippen LogP) is 4.13. The molecule has 15 heteroatoms. The lowest BCUT2D eigenvalue weighted by Gasteiger charge is -2.11. The van der Waals surface area contributed by atoms with Crippen LogP contribution in [0.25, 0.3) is 12.2 Å². The second-order valence-corrected chi connectivity index (χ2v) is 8.31. The first-order chi connectivity index (χ1) is 19.8. The Bertz CT molecular complexity index is 1480. The van der Waals surface area contributed by atoms with E-state index in [1.165, 1.54) is 0 Å². The SMILES string of the molecule is CCOC(=O)c1c(C)[nH+]c(C)c(C(=O)OCC)c1/C=C/c1ccccc1.O=[N+]([O-])c1cc([N+](=O)[O-])c([O-])c([N+](=O)[O-])c1. The number of esters is 2. The normalized spacial score (nSPS) is 10.4. The van der Waals surface area contributed by atoms with Crippen LogP contribution >= 0.6 is 0 Å². The van der Waals surface area contributed by atoms with Crippen LogP contribution in [0.5, 0.6) is 5.75 Å². The fraction of sp³-hybridized carbons (Fsp3) is 0.222. The van der Waals surface area contributed by atoms with Crippen LogP contribution in [0.4, 0.5) is 17.1 Å². The summed E-state index contributed by atoms with van der Waals surface area (Å²) < 4.78 is 10.4. The van der Waals surface area contributed by atoms with Crippen LogP contribution in [0, 0.1) is 44.2 Å². The highest BCUT2D eigenvalue weighted by Gasteiger charge is 2.29. The Kier molecular flexibility index (Phi) is 11.3. The molecule has 42 heavy (non-hydrogen) atoms. The van der Waals surface area contributed by atoms with Crippen LogP contribution in [-0.4, -0.2) is 39.9 Å². The van der Waals surface area contributed by atoms with Crippen molar-refractivity contribution in [2.45, 2.75) is 27.7 Å². The van der Waals surface area contributed by atoms with E-state index in [2.05, 4.69) is 4.98 Å². The van der Waals surface area contributed by atoms with E-state index in [4.69, 9.17) is 9.47 Å². The van der Waals surface area contributed by atoms with Crippen molar-refractivity contribution < 1.29 is 43.9 Å². The van der Waals surface area contributed by atoms with Crippen molar-refractivity contribution in [1.82, 2.24) is 0 Å². The molecule has 1 heterocycles. The maximum atomic E-state index is 12.5. The van der Waals surface area contributed by atoms with E-state index in [0.717, 1.165) is 5.56 Å². The zero-order valence-corrected chi connectivity index (χ0v) is 22.9. The van der Waals surface area contributed by atoms with Gasteiger partial charge in [-0.05, 0) is 19.4 Å². The minimum absolute atomic E-state index is 0.253. The Morgan fingerprint density at radius 1 is 0.786 bits per heavy atom. The smallest absolute Gasteiger partial charge is 0.345 e. The topological polar surface area (TPSA) is 219 Å². The number of benzene rings is 2. The number of carbonyl (C=O) groups is 2. The number of rotatable bonds is 9. The van der Waals surface area contributed by atoms with Gasteiger partial charge in [-0.15, -0.1) is 0 Å². The van der Waals surface area contributed by atoms with Gasteiger partial charge in [-0.1, -0.05) is 42.5 Å². The summed E-state index contributed by atoms with van der Waals surface area (Å²) in [5.41, 5.74) is 0.156. The van der Waals surface area contributed by atoms with Crippen molar-refractivity contribution in [2.75, 3.05) is 13.2 Å². The molecule has 0 radical (unpaired) electrons. The van der Waals surface area contributed by atoms with E-state index in [9.17, 15) is 45.0 Å². The molecule has 3 aromatic rings. The number of ether oxygens (including phenoxy) is 2. The van der Waals surface area contributed by atoms with Crippen molar-refractivity contribution in [3.05, 3.63) is 106 Å². The number of nitro benzene ring substituents is 3. The molecule has 0 atom stereocenters. The first-order valence-electron chi connectivity index (χ1n) is 12.3. The fourth-order valence-electron chi connectivity index (χ4n) is 3.74. The fourth-order valence-corrected chi connectivity index (χ4v) is 3.74. The Morgan fingerprint density at radius 3 is 1.62 bits per heavy atom. The summed E-state index contributed by atoms with van der Waals surface area (Å²) in [6, 6.07) is 10.4. The predicted molar refractivity (Wildman–Crippen MR) is 146 cm³/mol. The van der Waals surface area contributed by atoms with Gasteiger partial charge in [0.05, 0.1) is 45.9 Å². The van der Waals surface area contributed by atoms with Gasteiger partial charge in [0, 0.05) is 19.4 Å². The quantitative estimate of drug-likeness (QED) is 0.198. The van der Waals surface area contributed by atoms with Gasteiger partial charge in [-0.3, -0.25) is 30.3 Å². The van der Waals surface area contributed by atoms with Crippen LogP contribution in [0.15, 0.2) is 42.5 Å². The highest BCUT2D eigenvalue weighted by molar-refractivity contribution is 6.03. The Morgan fingerprint density at radius 2 is 1.24 bits per heavy atom. The third kappa shape index (κ3) is 7.91. The number of H-pyrrole nitrogens is 1. The lowest BCUT2D eigenvalue weighted by atomic mass is 9.97. The summed E-state index contributed by atoms with van der Waals surface area (Å²) in [4.78, 5) is 55.6. The number of non-ortho nitro benzene ring substituents is 1. The number of hydrogen-bond acceptors (Lipinski definition) is 11. The molecule has 0 bridgehead atoms. The lowest BCUT2D eigenvalue weighted by molar-refractivity contribution is -0.420. The monoisotopic (exact) mass is 582 g/mol. The van der Waals surface area contributed by atoms with Crippen molar-refractivity contribution in [1.29, 1.82) is 0 Å². The third-order valence-electron chi connectivity index (χ3n) is 5.50. The molecule has 0 aliphatic carbocycles. The Balaban J connectivity index is 0.000000330. The maximum absolute atomic E-state index is 12.5. The first kappa shape index (κ1) is 32.5. The van der Waals surface area contributed by atoms with Crippen LogP contribution in [-0.2, 0) is 9.47 Å². The van der Waals surface area contributed by atoms with Gasteiger partial charge in [0.25, 0.3) is 17.1 Å². The van der Waals surface area contributed by atoms with Gasteiger partial charge in [0.15, 0.2) is 11.4 Å². The highest BCUT2D eigenvalue weighted by atomic mass is 16.6. The van der Waals surface area contributed by atoms with Crippen LogP contribution < -0.4 is 10.1 Å². The molecule has 3 rings (SSSR count). The molecule has 0 saturated heterocycles. The molecule has 0 aliphatic rings. The van der Waals surface area contributed by atoms with E-state index >= 15 is 0 Å². The molecule has 15 nitrogen and oxygen atoms in total. The molecule has 2 aromatic carbocycles. The van der Waals surface area contributed by atoms with Crippen molar-refractivity contribution in [3.63, 3.8) is 0 Å². The standard InChI is InChI=1S/C21H23NO4.C6H3N3O7/c1-5-25-20(23)18-14(3)22-15(4)19(21(24)26-6-2)17(18)13-12-16-10-8-7-9-11-16;10-6-4(8(13)14)1-3(7(11)12)2-5(6)9(15)16/h7-13H,5-6H2,1-4H3;1-2,10H/b13-12+;. The van der Waals surface area contributed by atoms with Gasteiger partial charge in [-0.2, -0.15) is 0 Å². The molecule has 220 valence electrons. The van der Waals surface area contributed by atoms with E-state index < -0.39 is 49.5 Å². The number of nitrogens with zero attached hydrogens (tertiary/aromatic N) is 3. The molecule has 1 aromatic heterocycles. The number of aromatic amines is 1. The zero-order valence-electron chi connectivity index (χ0n) is 22.9. The maximum Gasteiger partial charge on any atom is 0.345 e. The molecule has 0 aliphatic heterocycles. The third-order valence-corrected chi connectivity index (χ3v) is 5.50. The summed E-state index contributed by atoms with van der Waals surface area (Å²) in [5.74, 6) is -2.40. The number of nitrogens with one attached hydrogen (secondary N) is 1. The molecule has 0 fully saturated rings. The number of nitro groups is 3. The minimum Gasteiger partial charge on any atom is -0.863 e. The van der Waals surface area contributed by atoms with E-state index in [1.54, 1.807) is 33.8 Å². The van der Waals surface area contributed by atoms with Gasteiger partial charge < -0.3 is 14.6 Å². The molecule has 0 unspecified atom stereocenters. The van der Waals surface area contributed by atoms with E-state index in [1.807, 2.05) is 36.4 Å². The van der Waals surface area contributed by atoms with Crippen molar-refractivity contribution in [2.24, 2.45) is 0 Å². The average Bonchev–Trinajstić information content (AvgIpc) is 2.92. The second-order valence-electron chi connectivity index (χ2n) is 8.31. The van der Waals surface area contributed by atoms with Gasteiger partial charge in [-0.25, -0.2) is 14.6 Å². The average molecular weight is 583 g/mol. The molecule has 0 saturated carbocycles. The molecular formula is C27H26N4O11. The van der Waals surface area contributed by atoms with Crippen LogP contribution in [0.3, 0.4) is 0 Å². The summed E-state index contributed by atoms with van der Waals surface area (Å²) in [5, 5.41) is 42.1. The lowest BCUT2D eigenvalue weighted by Crippen LogP contribution is -2.26. The summed E-state index contributed by atoms with van der Waals surface area (Å²) >= 11 is 0.